The van der Waals surface area contributed by atoms with Crippen LogP contribution in [0.4, 0.5) is 5.69 Å². The van der Waals surface area contributed by atoms with Crippen molar-refractivity contribution in [2.75, 3.05) is 18.0 Å². The Hall–Kier alpha value is -2.66. The summed E-state index contributed by atoms with van der Waals surface area (Å²) in [6, 6.07) is 14.9. The fourth-order valence-electron chi connectivity index (χ4n) is 4.90. The molecule has 0 saturated carbocycles. The molecular weight excluding hydrogens is 360 g/mol. The van der Waals surface area contributed by atoms with Crippen molar-refractivity contribution in [3.63, 3.8) is 0 Å². The molecule has 0 aliphatic carbocycles. The van der Waals surface area contributed by atoms with Crippen LogP contribution in [-0.4, -0.2) is 39.9 Å². The molecule has 5 heteroatoms. The van der Waals surface area contributed by atoms with Crippen molar-refractivity contribution in [1.82, 2.24) is 14.9 Å². The highest BCUT2D eigenvalue weighted by Gasteiger charge is 2.35. The van der Waals surface area contributed by atoms with Gasteiger partial charge in [-0.15, -0.1) is 0 Å². The van der Waals surface area contributed by atoms with Crippen molar-refractivity contribution >= 4 is 22.6 Å². The molecule has 1 saturated heterocycles. The van der Waals surface area contributed by atoms with E-state index in [1.807, 2.05) is 6.07 Å². The number of carbonyl (C=O) groups excluding carboxylic acids is 1. The van der Waals surface area contributed by atoms with Crippen molar-refractivity contribution in [2.45, 2.75) is 45.7 Å². The maximum Gasteiger partial charge on any atom is 0.230 e. The molecule has 5 nitrogen and oxygen atoms in total. The lowest BCUT2D eigenvalue weighted by Crippen LogP contribution is -2.44. The molecule has 0 bridgehead atoms. The Balaban J connectivity index is 1.23. The van der Waals surface area contributed by atoms with Crippen LogP contribution in [0.1, 0.15) is 36.7 Å². The number of aromatic amines is 1. The summed E-state index contributed by atoms with van der Waals surface area (Å²) < 4.78 is 0. The van der Waals surface area contributed by atoms with Gasteiger partial charge in [0.15, 0.2) is 0 Å². The number of hydrogen-bond donors (Lipinski definition) is 1. The summed E-state index contributed by atoms with van der Waals surface area (Å²) in [7, 11) is 0. The van der Waals surface area contributed by atoms with Crippen LogP contribution in [0.25, 0.3) is 11.0 Å². The van der Waals surface area contributed by atoms with Gasteiger partial charge in [0, 0.05) is 17.6 Å². The minimum atomic E-state index is 0.123. The zero-order valence-corrected chi connectivity index (χ0v) is 17.2. The molecule has 2 aromatic carbocycles. The highest BCUT2D eigenvalue weighted by molar-refractivity contribution is 5.97. The number of H-pyrrole nitrogens is 1. The molecule has 5 rings (SSSR count). The fraction of sp³-hybridized carbons (Fsp3) is 0.417. The fourth-order valence-corrected chi connectivity index (χ4v) is 4.90. The number of imidazole rings is 1. The van der Waals surface area contributed by atoms with Crippen molar-refractivity contribution < 1.29 is 4.79 Å². The summed E-state index contributed by atoms with van der Waals surface area (Å²) >= 11 is 0. The molecule has 0 spiro atoms. The summed E-state index contributed by atoms with van der Waals surface area (Å²) in [5, 5.41) is 0. The Morgan fingerprint density at radius 3 is 2.79 bits per heavy atom. The van der Waals surface area contributed by atoms with E-state index in [-0.39, 0.29) is 12.0 Å². The molecule has 1 atom stereocenters. The molecule has 1 N–H and O–H groups in total. The number of rotatable bonds is 3. The van der Waals surface area contributed by atoms with Gasteiger partial charge in [0.2, 0.25) is 5.91 Å². The predicted molar refractivity (Wildman–Crippen MR) is 116 cm³/mol. The number of anilines is 1. The van der Waals surface area contributed by atoms with Crippen LogP contribution in [-0.2, 0) is 17.8 Å². The van der Waals surface area contributed by atoms with Crippen molar-refractivity contribution in [3.8, 4) is 0 Å². The SMILES string of the molecule is Cc1ccc2nc(CN3CCC(C(=O)N4c5ccccc5CC4C)CC3)[nH]c2c1. The number of hydrogen-bond acceptors (Lipinski definition) is 3. The van der Waals surface area contributed by atoms with E-state index >= 15 is 0 Å². The zero-order chi connectivity index (χ0) is 20.0. The number of aromatic nitrogens is 2. The number of amides is 1. The van der Waals surface area contributed by atoms with Gasteiger partial charge >= 0.3 is 0 Å². The van der Waals surface area contributed by atoms with E-state index in [1.165, 1.54) is 11.1 Å². The summed E-state index contributed by atoms with van der Waals surface area (Å²) in [4.78, 5) is 25.9. The highest BCUT2D eigenvalue weighted by Crippen LogP contribution is 2.34. The molecule has 1 fully saturated rings. The second kappa shape index (κ2) is 7.30. The van der Waals surface area contributed by atoms with E-state index in [4.69, 9.17) is 4.98 Å². The molecule has 2 aliphatic heterocycles. The van der Waals surface area contributed by atoms with Gasteiger partial charge in [-0.1, -0.05) is 24.3 Å². The van der Waals surface area contributed by atoms with Gasteiger partial charge in [-0.05, 0) is 75.5 Å². The Kier molecular flexibility index (Phi) is 4.63. The number of nitrogens with zero attached hydrogens (tertiary/aromatic N) is 3. The molecule has 2 aliphatic rings. The minimum absolute atomic E-state index is 0.123. The Morgan fingerprint density at radius 1 is 1.17 bits per heavy atom. The maximum absolute atomic E-state index is 13.3. The van der Waals surface area contributed by atoms with Crippen LogP contribution < -0.4 is 4.90 Å². The number of benzene rings is 2. The Morgan fingerprint density at radius 2 is 1.97 bits per heavy atom. The average molecular weight is 389 g/mol. The van der Waals surface area contributed by atoms with Crippen molar-refractivity contribution in [1.29, 1.82) is 0 Å². The molecule has 3 aromatic rings. The second-order valence-corrected chi connectivity index (χ2v) is 8.64. The van der Waals surface area contributed by atoms with Gasteiger partial charge in [0.25, 0.3) is 0 Å². The van der Waals surface area contributed by atoms with Crippen LogP contribution >= 0.6 is 0 Å². The van der Waals surface area contributed by atoms with E-state index in [0.717, 1.165) is 61.4 Å². The second-order valence-electron chi connectivity index (χ2n) is 8.64. The van der Waals surface area contributed by atoms with E-state index in [0.29, 0.717) is 5.91 Å². The first-order valence-corrected chi connectivity index (χ1v) is 10.7. The lowest BCUT2D eigenvalue weighted by atomic mass is 9.95. The van der Waals surface area contributed by atoms with Crippen LogP contribution in [0.3, 0.4) is 0 Å². The number of fused-ring (bicyclic) bond motifs is 2. The van der Waals surface area contributed by atoms with Gasteiger partial charge in [-0.2, -0.15) is 0 Å². The van der Waals surface area contributed by atoms with Crippen LogP contribution in [0, 0.1) is 12.8 Å². The number of piperidine rings is 1. The molecule has 1 amide bonds. The monoisotopic (exact) mass is 388 g/mol. The number of nitrogens with one attached hydrogen (secondary N) is 1. The summed E-state index contributed by atoms with van der Waals surface area (Å²) in [5.74, 6) is 1.44. The zero-order valence-electron chi connectivity index (χ0n) is 17.2. The third-order valence-electron chi connectivity index (χ3n) is 6.44. The molecular formula is C24H28N4O. The Bertz CT molecular complexity index is 1050. The first-order valence-electron chi connectivity index (χ1n) is 10.7. The van der Waals surface area contributed by atoms with Crippen LogP contribution in [0.2, 0.25) is 0 Å². The third-order valence-corrected chi connectivity index (χ3v) is 6.44. The van der Waals surface area contributed by atoms with Gasteiger partial charge in [0.05, 0.1) is 17.6 Å². The molecule has 150 valence electrons. The van der Waals surface area contributed by atoms with Gasteiger partial charge in [0.1, 0.15) is 5.82 Å². The largest absolute Gasteiger partial charge is 0.341 e. The Labute approximate surface area is 171 Å². The van der Waals surface area contributed by atoms with Gasteiger partial charge in [-0.3, -0.25) is 9.69 Å². The third kappa shape index (κ3) is 3.44. The standard InChI is InChI=1S/C24H28N4O/c1-16-7-8-20-21(13-16)26-23(25-20)15-27-11-9-18(10-12-27)24(29)28-17(2)14-19-5-3-4-6-22(19)28/h3-8,13,17-18H,9-12,14-15H2,1-2H3,(H,25,26). The predicted octanol–water partition coefficient (Wildman–Crippen LogP) is 4.06. The molecule has 1 unspecified atom stereocenters. The summed E-state index contributed by atoms with van der Waals surface area (Å²) in [5.41, 5.74) is 5.78. The lowest BCUT2D eigenvalue weighted by Gasteiger charge is -2.34. The number of likely N-dealkylation sites (tertiary alicyclic amines) is 1. The smallest absolute Gasteiger partial charge is 0.230 e. The normalized spacial score (nSPS) is 20.3. The lowest BCUT2D eigenvalue weighted by molar-refractivity contribution is -0.124. The van der Waals surface area contributed by atoms with E-state index in [9.17, 15) is 4.79 Å². The minimum Gasteiger partial charge on any atom is -0.341 e. The summed E-state index contributed by atoms with van der Waals surface area (Å²) in [6.45, 7) is 6.96. The number of aryl methyl sites for hydroxylation is 1. The quantitative estimate of drug-likeness (QED) is 0.736. The number of para-hydroxylation sites is 1. The molecule has 1 aromatic heterocycles. The van der Waals surface area contributed by atoms with Crippen molar-refractivity contribution in [3.05, 3.63) is 59.4 Å². The maximum atomic E-state index is 13.3. The molecule has 3 heterocycles. The van der Waals surface area contributed by atoms with Crippen LogP contribution in [0.5, 0.6) is 0 Å². The topological polar surface area (TPSA) is 52.2 Å². The number of carbonyl (C=O) groups is 1. The summed E-state index contributed by atoms with van der Waals surface area (Å²) in [6.07, 6.45) is 2.80. The average Bonchev–Trinajstić information content (AvgIpc) is 3.26. The van der Waals surface area contributed by atoms with Crippen LogP contribution in [0.15, 0.2) is 42.5 Å². The van der Waals surface area contributed by atoms with Crippen molar-refractivity contribution in [2.24, 2.45) is 5.92 Å². The first-order chi connectivity index (χ1) is 14.1. The van der Waals surface area contributed by atoms with E-state index in [1.54, 1.807) is 0 Å². The molecule has 0 radical (unpaired) electrons. The van der Waals surface area contributed by atoms with Gasteiger partial charge < -0.3 is 9.88 Å². The van der Waals surface area contributed by atoms with Gasteiger partial charge in [-0.25, -0.2) is 4.98 Å². The first kappa shape index (κ1) is 18.4. The molecule has 29 heavy (non-hydrogen) atoms. The van der Waals surface area contributed by atoms with E-state index < -0.39 is 0 Å². The highest BCUT2D eigenvalue weighted by atomic mass is 16.2. The van der Waals surface area contributed by atoms with E-state index in [2.05, 4.69) is 65.0 Å².